The maximum absolute atomic E-state index is 11.4. The molecule has 4 heteroatoms. The fourth-order valence-corrected chi connectivity index (χ4v) is 2.16. The smallest absolute Gasteiger partial charge is 0.152 e. The van der Waals surface area contributed by atoms with Gasteiger partial charge in [-0.3, -0.25) is 19.7 Å². The number of hydrogen-bond donors (Lipinski definition) is 0. The van der Waals surface area contributed by atoms with E-state index in [0.717, 1.165) is 23.0 Å². The summed E-state index contributed by atoms with van der Waals surface area (Å²) >= 11 is 0. The van der Waals surface area contributed by atoms with Gasteiger partial charge in [0.05, 0.1) is 11.4 Å². The van der Waals surface area contributed by atoms with Crippen molar-refractivity contribution in [1.29, 1.82) is 0 Å². The van der Waals surface area contributed by atoms with Crippen LogP contribution in [0.15, 0.2) is 55.1 Å². The fraction of sp³-hybridized carbons (Fsp3) is 0.0588. The van der Waals surface area contributed by atoms with E-state index in [2.05, 4.69) is 15.0 Å². The second kappa shape index (κ2) is 5.63. The zero-order valence-corrected chi connectivity index (χ0v) is 11.5. The van der Waals surface area contributed by atoms with Crippen molar-refractivity contribution < 1.29 is 4.79 Å². The van der Waals surface area contributed by atoms with E-state index in [9.17, 15) is 4.79 Å². The highest BCUT2D eigenvalue weighted by Gasteiger charge is 2.09. The molecule has 3 aromatic heterocycles. The van der Waals surface area contributed by atoms with Gasteiger partial charge in [-0.1, -0.05) is 6.07 Å². The molecule has 0 atom stereocenters. The maximum Gasteiger partial charge on any atom is 0.152 e. The van der Waals surface area contributed by atoms with Gasteiger partial charge in [-0.05, 0) is 36.8 Å². The number of nitrogens with zero attached hydrogens (tertiary/aromatic N) is 3. The Morgan fingerprint density at radius 2 is 1.86 bits per heavy atom. The summed E-state index contributed by atoms with van der Waals surface area (Å²) in [6.07, 6.45) is 7.79. The van der Waals surface area contributed by atoms with E-state index in [1.165, 1.54) is 0 Å². The van der Waals surface area contributed by atoms with Gasteiger partial charge in [0.15, 0.2) is 6.29 Å². The molecule has 0 saturated heterocycles. The van der Waals surface area contributed by atoms with Crippen molar-refractivity contribution in [3.05, 3.63) is 66.2 Å². The average molecular weight is 275 g/mol. The number of carbonyl (C=O) groups is 1. The van der Waals surface area contributed by atoms with Crippen LogP contribution in [0.2, 0.25) is 0 Å². The van der Waals surface area contributed by atoms with Gasteiger partial charge < -0.3 is 0 Å². The first kappa shape index (κ1) is 13.1. The lowest BCUT2D eigenvalue weighted by molar-refractivity contribution is 0.112. The third-order valence-electron chi connectivity index (χ3n) is 3.16. The minimum absolute atomic E-state index is 0.521. The lowest BCUT2D eigenvalue weighted by atomic mass is 10.0. The molecule has 0 spiro atoms. The van der Waals surface area contributed by atoms with Gasteiger partial charge in [0, 0.05) is 41.5 Å². The summed E-state index contributed by atoms with van der Waals surface area (Å²) in [6, 6.07) is 9.37. The highest BCUT2D eigenvalue weighted by atomic mass is 16.1. The van der Waals surface area contributed by atoms with Crippen molar-refractivity contribution in [1.82, 2.24) is 15.0 Å². The number of pyridine rings is 3. The molecule has 3 aromatic rings. The van der Waals surface area contributed by atoms with E-state index in [-0.39, 0.29) is 0 Å². The molecular formula is C17H13N3O. The summed E-state index contributed by atoms with van der Waals surface area (Å²) < 4.78 is 0. The van der Waals surface area contributed by atoms with E-state index >= 15 is 0 Å². The van der Waals surface area contributed by atoms with Gasteiger partial charge in [-0.15, -0.1) is 0 Å². The highest BCUT2D eigenvalue weighted by molar-refractivity contribution is 5.87. The zero-order valence-electron chi connectivity index (χ0n) is 11.5. The second-order valence-electron chi connectivity index (χ2n) is 4.75. The standard InChI is InChI=1S/C17H13N3O/c1-12-6-13(9-18-8-12)14-7-15(11-21)17(20-10-14)16-4-2-3-5-19-16/h2-11H,1H3. The Bertz CT molecular complexity index is 785. The number of rotatable bonds is 3. The first-order valence-corrected chi connectivity index (χ1v) is 6.56. The van der Waals surface area contributed by atoms with Crippen molar-refractivity contribution in [2.75, 3.05) is 0 Å². The summed E-state index contributed by atoms with van der Waals surface area (Å²) in [6.45, 7) is 1.98. The molecule has 21 heavy (non-hydrogen) atoms. The molecule has 4 nitrogen and oxygen atoms in total. The Balaban J connectivity index is 2.10. The number of hydrogen-bond acceptors (Lipinski definition) is 4. The number of aryl methyl sites for hydroxylation is 1. The van der Waals surface area contributed by atoms with Crippen molar-refractivity contribution >= 4 is 6.29 Å². The van der Waals surface area contributed by atoms with Crippen molar-refractivity contribution in [2.24, 2.45) is 0 Å². The van der Waals surface area contributed by atoms with Crippen LogP contribution >= 0.6 is 0 Å². The molecule has 0 aliphatic rings. The molecule has 3 rings (SSSR count). The normalized spacial score (nSPS) is 10.3. The minimum atomic E-state index is 0.521. The van der Waals surface area contributed by atoms with Gasteiger partial charge in [-0.25, -0.2) is 0 Å². The Labute approximate surface area is 122 Å². The van der Waals surface area contributed by atoms with Crippen molar-refractivity contribution in [3.63, 3.8) is 0 Å². The predicted octanol–water partition coefficient (Wildman–Crippen LogP) is 3.33. The summed E-state index contributed by atoms with van der Waals surface area (Å²) in [5.74, 6) is 0. The Kier molecular flexibility index (Phi) is 3.51. The SMILES string of the molecule is Cc1cncc(-c2cnc(-c3ccccn3)c(C=O)c2)c1. The van der Waals surface area contributed by atoms with Gasteiger partial charge in [-0.2, -0.15) is 0 Å². The molecule has 0 amide bonds. The maximum atomic E-state index is 11.4. The molecule has 0 aliphatic heterocycles. The summed E-state index contributed by atoms with van der Waals surface area (Å²) in [7, 11) is 0. The lowest BCUT2D eigenvalue weighted by Gasteiger charge is -2.07. The van der Waals surface area contributed by atoms with Gasteiger partial charge in [0.1, 0.15) is 0 Å². The van der Waals surface area contributed by atoms with Gasteiger partial charge in [0.25, 0.3) is 0 Å². The topological polar surface area (TPSA) is 55.7 Å². The second-order valence-corrected chi connectivity index (χ2v) is 4.75. The largest absolute Gasteiger partial charge is 0.298 e. The first-order valence-electron chi connectivity index (χ1n) is 6.56. The summed E-state index contributed by atoms with van der Waals surface area (Å²) in [4.78, 5) is 24.2. The monoisotopic (exact) mass is 275 g/mol. The van der Waals surface area contributed by atoms with Crippen LogP contribution in [0, 0.1) is 6.92 Å². The van der Waals surface area contributed by atoms with Crippen LogP contribution in [-0.2, 0) is 0 Å². The number of aldehydes is 1. The third kappa shape index (κ3) is 2.69. The van der Waals surface area contributed by atoms with E-state index in [1.807, 2.05) is 37.3 Å². The quantitative estimate of drug-likeness (QED) is 0.688. The van der Waals surface area contributed by atoms with Crippen LogP contribution in [0.3, 0.4) is 0 Å². The van der Waals surface area contributed by atoms with Crippen LogP contribution in [0.5, 0.6) is 0 Å². The Hall–Kier alpha value is -2.88. The lowest BCUT2D eigenvalue weighted by Crippen LogP contribution is -1.95. The molecular weight excluding hydrogens is 262 g/mol. The van der Waals surface area contributed by atoms with Crippen LogP contribution in [0.4, 0.5) is 0 Å². The molecule has 0 fully saturated rings. The van der Waals surface area contributed by atoms with Gasteiger partial charge >= 0.3 is 0 Å². The third-order valence-corrected chi connectivity index (χ3v) is 3.16. The molecule has 0 radical (unpaired) electrons. The highest BCUT2D eigenvalue weighted by Crippen LogP contribution is 2.24. The molecule has 0 bridgehead atoms. The van der Waals surface area contributed by atoms with E-state index in [1.54, 1.807) is 24.8 Å². The molecule has 0 N–H and O–H groups in total. The summed E-state index contributed by atoms with van der Waals surface area (Å²) in [5, 5.41) is 0. The van der Waals surface area contributed by atoms with Crippen LogP contribution in [-0.4, -0.2) is 21.2 Å². The van der Waals surface area contributed by atoms with Crippen LogP contribution in [0.25, 0.3) is 22.5 Å². The molecule has 0 unspecified atom stereocenters. The van der Waals surface area contributed by atoms with Crippen molar-refractivity contribution in [3.8, 4) is 22.5 Å². The number of carbonyl (C=O) groups excluding carboxylic acids is 1. The Morgan fingerprint density at radius 1 is 1.00 bits per heavy atom. The predicted molar refractivity (Wildman–Crippen MR) is 80.8 cm³/mol. The first-order chi connectivity index (χ1) is 10.3. The Morgan fingerprint density at radius 3 is 2.57 bits per heavy atom. The zero-order chi connectivity index (χ0) is 14.7. The number of aromatic nitrogens is 3. The fourth-order valence-electron chi connectivity index (χ4n) is 2.16. The molecule has 102 valence electrons. The molecule has 3 heterocycles. The molecule has 0 aromatic carbocycles. The van der Waals surface area contributed by atoms with Gasteiger partial charge in [0.2, 0.25) is 0 Å². The average Bonchev–Trinajstić information content (AvgIpc) is 2.55. The van der Waals surface area contributed by atoms with E-state index in [0.29, 0.717) is 17.0 Å². The summed E-state index contributed by atoms with van der Waals surface area (Å²) in [5.41, 5.74) is 4.68. The molecule has 0 saturated carbocycles. The van der Waals surface area contributed by atoms with Crippen LogP contribution < -0.4 is 0 Å². The minimum Gasteiger partial charge on any atom is -0.298 e. The molecule has 0 aliphatic carbocycles. The van der Waals surface area contributed by atoms with E-state index < -0.39 is 0 Å². The van der Waals surface area contributed by atoms with Crippen LogP contribution in [0.1, 0.15) is 15.9 Å². The van der Waals surface area contributed by atoms with Crippen molar-refractivity contribution in [2.45, 2.75) is 6.92 Å². The van der Waals surface area contributed by atoms with E-state index in [4.69, 9.17) is 0 Å².